The fourth-order valence-corrected chi connectivity index (χ4v) is 6.00. The maximum atomic E-state index is 13.4. The van der Waals surface area contributed by atoms with Crippen LogP contribution in [0.4, 0.5) is 5.82 Å². The molecule has 0 amide bonds. The molecule has 1 unspecified atom stereocenters. The van der Waals surface area contributed by atoms with Crippen LogP contribution in [0.3, 0.4) is 0 Å². The summed E-state index contributed by atoms with van der Waals surface area (Å²) in [4.78, 5) is 2.55. The molecule has 1 aliphatic carbocycles. The van der Waals surface area contributed by atoms with Crippen molar-refractivity contribution in [3.05, 3.63) is 53.1 Å². The number of piperidine rings is 1. The third-order valence-corrected chi connectivity index (χ3v) is 8.06. The lowest BCUT2D eigenvalue weighted by molar-refractivity contribution is 0.421. The lowest BCUT2D eigenvalue weighted by Crippen LogP contribution is -2.41. The monoisotopic (exact) mass is 429 g/mol. The third-order valence-electron chi connectivity index (χ3n) is 6.14. The molecule has 5 nitrogen and oxygen atoms in total. The molecular formula is C22H24ClN3O2S. The smallest absolute Gasteiger partial charge is 0.283 e. The summed E-state index contributed by atoms with van der Waals surface area (Å²) in [7, 11) is -3.82. The highest BCUT2D eigenvalue weighted by atomic mass is 35.5. The van der Waals surface area contributed by atoms with Crippen LogP contribution in [0.5, 0.6) is 0 Å². The van der Waals surface area contributed by atoms with Gasteiger partial charge in [0.2, 0.25) is 0 Å². The lowest BCUT2D eigenvalue weighted by Gasteiger charge is -2.36. The standard InChI is InChI=1S/C22H24ClN3O2S/c1-15-8-12-17(13-9-15)29(27,28)26-20-7-4-5-18(23)21(20)22(24-26)25-14-3-2-6-19(25)16-10-11-16/h4-5,7-9,12-13,16,19H,2-3,6,10-11,14H2,1H3. The number of hydrogen-bond donors (Lipinski definition) is 0. The van der Waals surface area contributed by atoms with E-state index in [1.807, 2.05) is 13.0 Å². The summed E-state index contributed by atoms with van der Waals surface area (Å²) in [6, 6.07) is 12.7. The highest BCUT2D eigenvalue weighted by Gasteiger charge is 2.39. The summed E-state index contributed by atoms with van der Waals surface area (Å²) >= 11 is 6.58. The molecule has 2 aliphatic rings. The average Bonchev–Trinajstić information content (AvgIpc) is 3.48. The van der Waals surface area contributed by atoms with Crippen LogP contribution in [0.15, 0.2) is 47.4 Å². The maximum absolute atomic E-state index is 13.4. The van der Waals surface area contributed by atoms with Gasteiger partial charge in [-0.15, -0.1) is 5.10 Å². The molecule has 1 saturated carbocycles. The van der Waals surface area contributed by atoms with E-state index in [-0.39, 0.29) is 4.90 Å². The van der Waals surface area contributed by atoms with Crippen molar-refractivity contribution in [2.45, 2.75) is 50.0 Å². The highest BCUT2D eigenvalue weighted by Crippen LogP contribution is 2.43. The fraction of sp³-hybridized carbons (Fsp3) is 0.409. The molecule has 0 N–H and O–H groups in total. The van der Waals surface area contributed by atoms with Crippen molar-refractivity contribution in [1.29, 1.82) is 0 Å². The first-order chi connectivity index (χ1) is 14.0. The van der Waals surface area contributed by atoms with Crippen molar-refractivity contribution in [1.82, 2.24) is 9.19 Å². The molecule has 1 atom stereocenters. The predicted octanol–water partition coefficient (Wildman–Crippen LogP) is 5.00. The van der Waals surface area contributed by atoms with Gasteiger partial charge < -0.3 is 4.90 Å². The quantitative estimate of drug-likeness (QED) is 0.585. The Kier molecular flexibility index (Phi) is 4.59. The molecule has 7 heteroatoms. The SMILES string of the molecule is Cc1ccc(S(=O)(=O)n2nc(N3CCCCC3C3CC3)c3c(Cl)cccc32)cc1. The van der Waals surface area contributed by atoms with Gasteiger partial charge in [0.25, 0.3) is 10.0 Å². The Bertz CT molecular complexity index is 1170. The normalized spacial score (nSPS) is 20.3. The van der Waals surface area contributed by atoms with Crippen molar-refractivity contribution >= 4 is 38.3 Å². The molecule has 0 spiro atoms. The zero-order chi connectivity index (χ0) is 20.2. The summed E-state index contributed by atoms with van der Waals surface area (Å²) in [5.74, 6) is 1.39. The van der Waals surface area contributed by atoms with Crippen molar-refractivity contribution in [2.24, 2.45) is 5.92 Å². The second kappa shape index (κ2) is 7.03. The van der Waals surface area contributed by atoms with Crippen molar-refractivity contribution in [3.8, 4) is 0 Å². The average molecular weight is 430 g/mol. The molecular weight excluding hydrogens is 406 g/mol. The first-order valence-corrected chi connectivity index (χ1v) is 12.0. The van der Waals surface area contributed by atoms with Crippen molar-refractivity contribution < 1.29 is 8.42 Å². The zero-order valence-corrected chi connectivity index (χ0v) is 18.0. The minimum absolute atomic E-state index is 0.233. The van der Waals surface area contributed by atoms with E-state index in [2.05, 4.69) is 10.00 Å². The van der Waals surface area contributed by atoms with Crippen LogP contribution in [0.2, 0.25) is 5.02 Å². The molecule has 2 aromatic carbocycles. The minimum Gasteiger partial charge on any atom is -0.351 e. The number of fused-ring (bicyclic) bond motifs is 1. The second-order valence-corrected chi connectivity index (χ2v) is 10.4. The molecule has 2 heterocycles. The van der Waals surface area contributed by atoms with E-state index in [1.54, 1.807) is 36.4 Å². The first-order valence-electron chi connectivity index (χ1n) is 10.2. The Labute approximate surface area is 176 Å². The molecule has 1 saturated heterocycles. The molecule has 5 rings (SSSR count). The van der Waals surface area contributed by atoms with E-state index >= 15 is 0 Å². The van der Waals surface area contributed by atoms with Gasteiger partial charge in [0.15, 0.2) is 5.82 Å². The van der Waals surface area contributed by atoms with Crippen LogP contribution in [-0.2, 0) is 10.0 Å². The number of nitrogens with zero attached hydrogens (tertiary/aromatic N) is 3. The topological polar surface area (TPSA) is 55.2 Å². The summed E-state index contributed by atoms with van der Waals surface area (Å²) in [5, 5.41) is 5.95. The van der Waals surface area contributed by atoms with Crippen LogP contribution < -0.4 is 4.90 Å². The van der Waals surface area contributed by atoms with Gasteiger partial charge in [-0.3, -0.25) is 0 Å². The first kappa shape index (κ1) is 18.9. The number of aryl methyl sites for hydroxylation is 1. The molecule has 1 aliphatic heterocycles. The molecule has 2 fully saturated rings. The van der Waals surface area contributed by atoms with E-state index in [0.29, 0.717) is 28.3 Å². The zero-order valence-electron chi connectivity index (χ0n) is 16.4. The van der Waals surface area contributed by atoms with Gasteiger partial charge in [-0.2, -0.15) is 12.5 Å². The largest absolute Gasteiger partial charge is 0.351 e. The van der Waals surface area contributed by atoms with Crippen LogP contribution in [0.25, 0.3) is 10.9 Å². The van der Waals surface area contributed by atoms with Crippen LogP contribution >= 0.6 is 11.6 Å². The summed E-state index contributed by atoms with van der Waals surface area (Å²) in [5.41, 5.74) is 1.55. The summed E-state index contributed by atoms with van der Waals surface area (Å²) in [6.07, 6.45) is 5.93. The molecule has 0 radical (unpaired) electrons. The van der Waals surface area contributed by atoms with Crippen LogP contribution in [0.1, 0.15) is 37.7 Å². The van der Waals surface area contributed by atoms with Crippen molar-refractivity contribution in [2.75, 3.05) is 11.4 Å². The number of benzene rings is 2. The minimum atomic E-state index is -3.82. The highest BCUT2D eigenvalue weighted by molar-refractivity contribution is 7.90. The maximum Gasteiger partial charge on any atom is 0.283 e. The van der Waals surface area contributed by atoms with E-state index < -0.39 is 10.0 Å². The Morgan fingerprint density at radius 2 is 1.79 bits per heavy atom. The number of hydrogen-bond acceptors (Lipinski definition) is 4. The van der Waals surface area contributed by atoms with Gasteiger partial charge in [0.05, 0.1) is 20.8 Å². The molecule has 152 valence electrons. The van der Waals surface area contributed by atoms with Gasteiger partial charge in [-0.1, -0.05) is 35.4 Å². The predicted molar refractivity (Wildman–Crippen MR) is 116 cm³/mol. The Morgan fingerprint density at radius 1 is 1.03 bits per heavy atom. The van der Waals surface area contributed by atoms with E-state index in [9.17, 15) is 8.42 Å². The van der Waals surface area contributed by atoms with Gasteiger partial charge >= 0.3 is 0 Å². The third kappa shape index (κ3) is 3.22. The molecule has 3 aromatic rings. The lowest BCUT2D eigenvalue weighted by atomic mass is 9.98. The van der Waals surface area contributed by atoms with Gasteiger partial charge in [-0.05, 0) is 69.2 Å². The number of rotatable bonds is 4. The molecule has 1 aromatic heterocycles. The van der Waals surface area contributed by atoms with E-state index in [1.165, 1.54) is 23.3 Å². The van der Waals surface area contributed by atoms with Crippen LogP contribution in [-0.4, -0.2) is 30.2 Å². The fourth-order valence-electron chi connectivity index (χ4n) is 4.47. The Morgan fingerprint density at radius 3 is 2.52 bits per heavy atom. The van der Waals surface area contributed by atoms with Crippen molar-refractivity contribution in [3.63, 3.8) is 0 Å². The van der Waals surface area contributed by atoms with Gasteiger partial charge in [-0.25, -0.2) is 0 Å². The number of halogens is 1. The van der Waals surface area contributed by atoms with E-state index in [0.717, 1.165) is 30.3 Å². The molecule has 29 heavy (non-hydrogen) atoms. The number of aromatic nitrogens is 2. The Hall–Kier alpha value is -2.05. The summed E-state index contributed by atoms with van der Waals surface area (Å²) < 4.78 is 28.0. The summed E-state index contributed by atoms with van der Waals surface area (Å²) in [6.45, 7) is 2.83. The van der Waals surface area contributed by atoms with Gasteiger partial charge in [0, 0.05) is 12.6 Å². The Balaban J connectivity index is 1.70. The van der Waals surface area contributed by atoms with Crippen LogP contribution in [0, 0.1) is 12.8 Å². The second-order valence-electron chi connectivity index (χ2n) is 8.21. The number of anilines is 1. The van der Waals surface area contributed by atoms with Gasteiger partial charge in [0.1, 0.15) is 0 Å². The van der Waals surface area contributed by atoms with E-state index in [4.69, 9.17) is 11.6 Å². The molecule has 0 bridgehead atoms.